The smallest absolute Gasteiger partial charge is 0.289 e. The van der Waals surface area contributed by atoms with Gasteiger partial charge in [-0.25, -0.2) is 4.99 Å². The standard InChI is InChI=1S/C12H16N2O/c1-2-5-10-6-3-4-7-11(10)14-12-13-8-9-15-12/h3-4,6-7H,2,5,8-9H2,1H3,(H,13,14). The number of nitrogens with zero attached hydrogens (tertiary/aromatic N) is 1. The van der Waals surface area contributed by atoms with Gasteiger partial charge in [0.1, 0.15) is 6.61 Å². The summed E-state index contributed by atoms with van der Waals surface area (Å²) in [5.74, 6) is 0. The quantitative estimate of drug-likeness (QED) is 0.820. The molecule has 3 heteroatoms. The number of nitrogens with one attached hydrogen (secondary N) is 1. The van der Waals surface area contributed by atoms with Crippen LogP contribution in [0.3, 0.4) is 0 Å². The summed E-state index contributed by atoms with van der Waals surface area (Å²) in [6.07, 6.45) is 2.22. The Balaban J connectivity index is 2.12. The first-order chi connectivity index (χ1) is 7.40. The molecule has 1 aliphatic rings. The first-order valence-corrected chi connectivity index (χ1v) is 5.42. The Morgan fingerprint density at radius 3 is 3.00 bits per heavy atom. The van der Waals surface area contributed by atoms with Gasteiger partial charge in [-0.3, -0.25) is 0 Å². The lowest BCUT2D eigenvalue weighted by Crippen LogP contribution is -2.13. The van der Waals surface area contributed by atoms with Crippen LogP contribution in [-0.2, 0) is 11.2 Å². The van der Waals surface area contributed by atoms with Crippen LogP contribution in [0.15, 0.2) is 29.3 Å². The summed E-state index contributed by atoms with van der Waals surface area (Å²) in [5.41, 5.74) is 2.43. The van der Waals surface area contributed by atoms with Crippen molar-refractivity contribution in [3.05, 3.63) is 29.8 Å². The number of aryl methyl sites for hydroxylation is 1. The van der Waals surface area contributed by atoms with E-state index >= 15 is 0 Å². The molecule has 1 N–H and O–H groups in total. The first kappa shape index (κ1) is 10.0. The molecule has 80 valence electrons. The normalized spacial score (nSPS) is 14.6. The number of hydrogen-bond acceptors (Lipinski definition) is 3. The topological polar surface area (TPSA) is 33.6 Å². The minimum Gasteiger partial charge on any atom is -0.463 e. The Labute approximate surface area is 90.2 Å². The maximum atomic E-state index is 5.33. The monoisotopic (exact) mass is 204 g/mol. The maximum absolute atomic E-state index is 5.33. The number of aliphatic imine (C=N–C) groups is 1. The predicted octanol–water partition coefficient (Wildman–Crippen LogP) is 2.44. The molecule has 3 nitrogen and oxygen atoms in total. The summed E-state index contributed by atoms with van der Waals surface area (Å²) in [6.45, 7) is 3.64. The van der Waals surface area contributed by atoms with E-state index in [0.717, 1.165) is 25.1 Å². The summed E-state index contributed by atoms with van der Waals surface area (Å²) < 4.78 is 5.33. The van der Waals surface area contributed by atoms with E-state index in [1.807, 2.05) is 6.07 Å². The molecule has 15 heavy (non-hydrogen) atoms. The molecule has 0 spiro atoms. The van der Waals surface area contributed by atoms with E-state index in [0.29, 0.717) is 12.6 Å². The van der Waals surface area contributed by atoms with Gasteiger partial charge in [-0.15, -0.1) is 0 Å². The van der Waals surface area contributed by atoms with Crippen LogP contribution in [0, 0.1) is 0 Å². The Kier molecular flexibility index (Phi) is 3.22. The van der Waals surface area contributed by atoms with Gasteiger partial charge in [0, 0.05) is 5.69 Å². The van der Waals surface area contributed by atoms with Crippen LogP contribution in [0.25, 0.3) is 0 Å². The molecule has 1 aromatic carbocycles. The molecule has 0 radical (unpaired) electrons. The molecule has 1 aromatic rings. The van der Waals surface area contributed by atoms with Crippen molar-refractivity contribution in [2.45, 2.75) is 19.8 Å². The van der Waals surface area contributed by atoms with E-state index in [1.165, 1.54) is 5.56 Å². The van der Waals surface area contributed by atoms with Crippen molar-refractivity contribution in [2.75, 3.05) is 18.5 Å². The lowest BCUT2D eigenvalue weighted by molar-refractivity contribution is 0.346. The van der Waals surface area contributed by atoms with E-state index in [2.05, 4.69) is 35.4 Å². The van der Waals surface area contributed by atoms with Gasteiger partial charge >= 0.3 is 0 Å². The van der Waals surface area contributed by atoms with Crippen molar-refractivity contribution < 1.29 is 4.74 Å². The van der Waals surface area contributed by atoms with Crippen molar-refractivity contribution >= 4 is 11.7 Å². The third kappa shape index (κ3) is 2.49. The highest BCUT2D eigenvalue weighted by Crippen LogP contribution is 2.17. The summed E-state index contributed by atoms with van der Waals surface area (Å²) >= 11 is 0. The zero-order chi connectivity index (χ0) is 10.5. The van der Waals surface area contributed by atoms with Crippen molar-refractivity contribution in [3.63, 3.8) is 0 Å². The largest absolute Gasteiger partial charge is 0.463 e. The van der Waals surface area contributed by atoms with E-state index < -0.39 is 0 Å². The molecule has 0 saturated heterocycles. The number of benzene rings is 1. The molecule has 1 aliphatic heterocycles. The van der Waals surface area contributed by atoms with Crippen LogP contribution in [0.5, 0.6) is 0 Å². The third-order valence-corrected chi connectivity index (χ3v) is 2.36. The van der Waals surface area contributed by atoms with Gasteiger partial charge in [-0.1, -0.05) is 31.5 Å². The number of rotatable bonds is 3. The molecule has 1 heterocycles. The molecule has 0 fully saturated rings. The second-order valence-corrected chi connectivity index (χ2v) is 3.57. The minimum atomic E-state index is 0.651. The van der Waals surface area contributed by atoms with Crippen molar-refractivity contribution in [1.82, 2.24) is 0 Å². The second-order valence-electron chi connectivity index (χ2n) is 3.57. The zero-order valence-electron chi connectivity index (χ0n) is 8.99. The average molecular weight is 204 g/mol. The Bertz CT molecular complexity index is 360. The molecule has 0 unspecified atom stereocenters. The Hall–Kier alpha value is -1.51. The predicted molar refractivity (Wildman–Crippen MR) is 62.3 cm³/mol. The molecule has 0 saturated carbocycles. The van der Waals surface area contributed by atoms with Crippen LogP contribution in [-0.4, -0.2) is 19.2 Å². The summed E-state index contributed by atoms with van der Waals surface area (Å²) in [4.78, 5) is 4.22. The van der Waals surface area contributed by atoms with Gasteiger partial charge in [0.15, 0.2) is 0 Å². The lowest BCUT2D eigenvalue weighted by Gasteiger charge is -2.10. The SMILES string of the molecule is CCCc1ccccc1NC1=NCCO1. The second kappa shape index (κ2) is 4.82. The molecular weight excluding hydrogens is 188 g/mol. The van der Waals surface area contributed by atoms with Gasteiger partial charge in [-0.05, 0) is 18.1 Å². The van der Waals surface area contributed by atoms with E-state index in [9.17, 15) is 0 Å². The van der Waals surface area contributed by atoms with Gasteiger partial charge in [0.05, 0.1) is 6.54 Å². The maximum Gasteiger partial charge on any atom is 0.289 e. The molecule has 0 aliphatic carbocycles. The summed E-state index contributed by atoms with van der Waals surface area (Å²) in [6, 6.07) is 8.94. The van der Waals surface area contributed by atoms with Crippen LogP contribution in [0.2, 0.25) is 0 Å². The van der Waals surface area contributed by atoms with Gasteiger partial charge in [-0.2, -0.15) is 0 Å². The summed E-state index contributed by atoms with van der Waals surface area (Å²) in [5, 5.41) is 3.22. The van der Waals surface area contributed by atoms with Crippen molar-refractivity contribution in [3.8, 4) is 0 Å². The highest BCUT2D eigenvalue weighted by molar-refractivity contribution is 5.90. The van der Waals surface area contributed by atoms with Crippen LogP contribution in [0.1, 0.15) is 18.9 Å². The number of para-hydroxylation sites is 1. The fraction of sp³-hybridized carbons (Fsp3) is 0.417. The highest BCUT2D eigenvalue weighted by Gasteiger charge is 2.08. The lowest BCUT2D eigenvalue weighted by atomic mass is 10.1. The molecular formula is C12H16N2O. The fourth-order valence-corrected chi connectivity index (χ4v) is 1.66. The van der Waals surface area contributed by atoms with Crippen LogP contribution >= 0.6 is 0 Å². The molecule has 0 amide bonds. The summed E-state index contributed by atoms with van der Waals surface area (Å²) in [7, 11) is 0. The number of anilines is 1. The molecule has 0 aromatic heterocycles. The molecule has 2 rings (SSSR count). The van der Waals surface area contributed by atoms with Crippen LogP contribution in [0.4, 0.5) is 5.69 Å². The minimum absolute atomic E-state index is 0.651. The number of amidine groups is 1. The van der Waals surface area contributed by atoms with Gasteiger partial charge in [0.25, 0.3) is 6.02 Å². The zero-order valence-corrected chi connectivity index (χ0v) is 8.99. The Morgan fingerprint density at radius 1 is 1.40 bits per heavy atom. The third-order valence-electron chi connectivity index (χ3n) is 2.36. The molecule has 0 bridgehead atoms. The number of ether oxygens (including phenoxy) is 1. The van der Waals surface area contributed by atoms with Crippen LogP contribution < -0.4 is 5.32 Å². The van der Waals surface area contributed by atoms with E-state index in [1.54, 1.807) is 0 Å². The van der Waals surface area contributed by atoms with Crippen molar-refractivity contribution in [2.24, 2.45) is 4.99 Å². The average Bonchev–Trinajstić information content (AvgIpc) is 2.74. The van der Waals surface area contributed by atoms with Gasteiger partial charge < -0.3 is 10.1 Å². The first-order valence-electron chi connectivity index (χ1n) is 5.42. The van der Waals surface area contributed by atoms with E-state index in [4.69, 9.17) is 4.74 Å². The van der Waals surface area contributed by atoms with Gasteiger partial charge in [0.2, 0.25) is 0 Å². The highest BCUT2D eigenvalue weighted by atomic mass is 16.5. The Morgan fingerprint density at radius 2 is 2.27 bits per heavy atom. The number of hydrogen-bond donors (Lipinski definition) is 1. The van der Waals surface area contributed by atoms with Crippen molar-refractivity contribution in [1.29, 1.82) is 0 Å². The fourth-order valence-electron chi connectivity index (χ4n) is 1.66. The van der Waals surface area contributed by atoms with E-state index in [-0.39, 0.29) is 0 Å². The molecule has 0 atom stereocenters.